The van der Waals surface area contributed by atoms with Crippen molar-refractivity contribution in [3.63, 3.8) is 0 Å². The maximum absolute atomic E-state index is 12.8. The zero-order valence-electron chi connectivity index (χ0n) is 13.9. The fourth-order valence-electron chi connectivity index (χ4n) is 3.69. The normalized spacial score (nSPS) is 23.0. The van der Waals surface area contributed by atoms with Gasteiger partial charge in [-0.25, -0.2) is 8.78 Å². The maximum atomic E-state index is 12.8. The Morgan fingerprint density at radius 2 is 2.04 bits per heavy atom. The summed E-state index contributed by atoms with van der Waals surface area (Å²) in [6, 6.07) is 7.86. The van der Waals surface area contributed by atoms with Gasteiger partial charge in [0, 0.05) is 28.9 Å². The summed E-state index contributed by atoms with van der Waals surface area (Å²) in [5, 5.41) is 0.575. The van der Waals surface area contributed by atoms with Crippen LogP contribution in [0.4, 0.5) is 8.78 Å². The van der Waals surface area contributed by atoms with Gasteiger partial charge in [0.2, 0.25) is 0 Å². The highest BCUT2D eigenvalue weighted by Crippen LogP contribution is 2.60. The molecule has 1 aromatic heterocycles. The minimum Gasteiger partial charge on any atom is -0.358 e. The predicted molar refractivity (Wildman–Crippen MR) is 92.4 cm³/mol. The molecule has 2 nitrogen and oxygen atoms in total. The number of hydrogen-bond acceptors (Lipinski definition) is 1. The Kier molecular flexibility index (Phi) is 4.28. The molecule has 0 unspecified atom stereocenters. The Hall–Kier alpha value is -1.68. The number of Topliss-reactive ketones (excluding diaryl/α,β-unsaturated/α-hetero) is 1. The summed E-state index contributed by atoms with van der Waals surface area (Å²) in [5.41, 5.74) is 2.64. The average molecular weight is 352 g/mol. The number of aromatic nitrogens is 1. The average Bonchev–Trinajstić information content (AvgIpc) is 2.90. The first-order valence-electron chi connectivity index (χ1n) is 7.97. The van der Waals surface area contributed by atoms with Crippen molar-refractivity contribution in [3.8, 4) is 0 Å². The van der Waals surface area contributed by atoms with Crippen molar-refractivity contribution in [2.75, 3.05) is 0 Å². The zero-order chi connectivity index (χ0) is 17.6. The van der Waals surface area contributed by atoms with Gasteiger partial charge in [-0.1, -0.05) is 49.7 Å². The Balaban J connectivity index is 1.83. The number of halogens is 3. The Bertz CT molecular complexity index is 822. The van der Waals surface area contributed by atoms with Crippen LogP contribution in [0, 0.1) is 24.2 Å². The van der Waals surface area contributed by atoms with Crippen LogP contribution in [0.1, 0.15) is 25.1 Å². The van der Waals surface area contributed by atoms with Gasteiger partial charge in [0.15, 0.2) is 0 Å². The van der Waals surface area contributed by atoms with Crippen molar-refractivity contribution in [1.29, 1.82) is 0 Å². The number of aromatic amines is 1. The minimum absolute atomic E-state index is 0.0767. The fourth-order valence-corrected chi connectivity index (χ4v) is 3.83. The first-order chi connectivity index (χ1) is 11.2. The monoisotopic (exact) mass is 351 g/mol. The minimum atomic E-state index is -2.69. The Labute approximate surface area is 144 Å². The first-order valence-corrected chi connectivity index (χ1v) is 8.35. The van der Waals surface area contributed by atoms with Crippen molar-refractivity contribution in [2.24, 2.45) is 17.3 Å². The van der Waals surface area contributed by atoms with Crippen molar-refractivity contribution >= 4 is 28.3 Å². The van der Waals surface area contributed by atoms with Gasteiger partial charge in [0.25, 0.3) is 6.43 Å². The number of allylic oxidation sites excluding steroid dienone is 2. The Morgan fingerprint density at radius 3 is 2.71 bits per heavy atom. The van der Waals surface area contributed by atoms with Crippen LogP contribution in [-0.4, -0.2) is 17.2 Å². The van der Waals surface area contributed by atoms with E-state index in [2.05, 4.69) is 4.98 Å². The molecule has 0 aliphatic heterocycles. The number of fused-ring (bicyclic) bond motifs is 1. The van der Waals surface area contributed by atoms with Crippen LogP contribution in [0.25, 0.3) is 10.9 Å². The summed E-state index contributed by atoms with van der Waals surface area (Å²) >= 11 is 5.59. The lowest BCUT2D eigenvalue weighted by molar-refractivity contribution is -0.120. The molecule has 0 bridgehead atoms. The van der Waals surface area contributed by atoms with E-state index in [4.69, 9.17) is 11.6 Å². The third kappa shape index (κ3) is 2.88. The molecule has 1 fully saturated rings. The quantitative estimate of drug-likeness (QED) is 0.784. The van der Waals surface area contributed by atoms with E-state index in [1.807, 2.05) is 45.0 Å². The van der Waals surface area contributed by atoms with Gasteiger partial charge in [0.05, 0.1) is 5.03 Å². The molecule has 0 saturated heterocycles. The fraction of sp³-hybridized carbons (Fsp3) is 0.421. The van der Waals surface area contributed by atoms with Crippen LogP contribution in [0.3, 0.4) is 0 Å². The van der Waals surface area contributed by atoms with Gasteiger partial charge < -0.3 is 4.98 Å². The van der Waals surface area contributed by atoms with Gasteiger partial charge >= 0.3 is 0 Å². The van der Waals surface area contributed by atoms with E-state index < -0.39 is 11.5 Å². The molecule has 1 heterocycles. The molecule has 24 heavy (non-hydrogen) atoms. The van der Waals surface area contributed by atoms with Crippen LogP contribution in [0.5, 0.6) is 0 Å². The van der Waals surface area contributed by atoms with Gasteiger partial charge in [-0.15, -0.1) is 0 Å². The standard InChI is InChI=1S/C19H20ClF2NO/c1-10-12(11-6-4-5-7-15(11)23-10)8-16(24)17-13(19(17,2)3)9-14(20)18(21)22/h4-7,9,13,17-18,23H,8H2,1-3H3/b14-9-/t13-,17-/m1/s1. The van der Waals surface area contributed by atoms with Crippen LogP contribution < -0.4 is 0 Å². The van der Waals surface area contributed by atoms with Crippen molar-refractivity contribution in [2.45, 2.75) is 33.6 Å². The molecule has 1 aliphatic carbocycles. The molecule has 0 radical (unpaired) electrons. The highest BCUT2D eigenvalue weighted by molar-refractivity contribution is 6.30. The smallest absolute Gasteiger partial charge is 0.273 e. The summed E-state index contributed by atoms with van der Waals surface area (Å²) in [6.45, 7) is 5.80. The molecule has 128 valence electrons. The number of nitrogens with one attached hydrogen (secondary N) is 1. The number of carbonyl (C=O) groups excluding carboxylic acids is 1. The number of alkyl halides is 2. The number of aryl methyl sites for hydroxylation is 1. The van der Waals surface area contributed by atoms with Crippen LogP contribution >= 0.6 is 11.6 Å². The van der Waals surface area contributed by atoms with E-state index in [1.54, 1.807) is 0 Å². The van der Waals surface area contributed by atoms with Gasteiger partial charge in [-0.2, -0.15) is 0 Å². The lowest BCUT2D eigenvalue weighted by atomic mass is 9.99. The molecule has 5 heteroatoms. The number of benzene rings is 1. The molecule has 2 aromatic rings. The van der Waals surface area contributed by atoms with Crippen LogP contribution in [-0.2, 0) is 11.2 Å². The third-order valence-electron chi connectivity index (χ3n) is 5.18. The zero-order valence-corrected chi connectivity index (χ0v) is 14.6. The second-order valence-corrected chi connectivity index (χ2v) is 7.53. The largest absolute Gasteiger partial charge is 0.358 e. The molecule has 2 atom stereocenters. The van der Waals surface area contributed by atoms with E-state index in [9.17, 15) is 13.6 Å². The number of carbonyl (C=O) groups is 1. The van der Waals surface area contributed by atoms with E-state index in [1.165, 1.54) is 6.08 Å². The summed E-state index contributed by atoms with van der Waals surface area (Å²) in [7, 11) is 0. The summed E-state index contributed by atoms with van der Waals surface area (Å²) in [6.07, 6.45) is -1.02. The predicted octanol–water partition coefficient (Wildman–Crippen LogP) is 5.25. The van der Waals surface area contributed by atoms with Crippen LogP contribution in [0.2, 0.25) is 0 Å². The van der Waals surface area contributed by atoms with Crippen molar-refractivity contribution in [3.05, 3.63) is 46.6 Å². The third-order valence-corrected chi connectivity index (χ3v) is 5.47. The summed E-state index contributed by atoms with van der Waals surface area (Å²) < 4.78 is 25.3. The molecular weight excluding hydrogens is 332 g/mol. The molecule has 1 N–H and O–H groups in total. The topological polar surface area (TPSA) is 32.9 Å². The number of hydrogen-bond donors (Lipinski definition) is 1. The number of ketones is 1. The molecule has 3 rings (SSSR count). The molecule has 0 amide bonds. The molecule has 1 aliphatic rings. The molecule has 1 saturated carbocycles. The Morgan fingerprint density at radius 1 is 1.38 bits per heavy atom. The SMILES string of the molecule is Cc1[nH]c2ccccc2c1CC(=O)[C@H]1[C@@H](/C=C(\Cl)C(F)F)C1(C)C. The van der Waals surface area contributed by atoms with Crippen molar-refractivity contribution < 1.29 is 13.6 Å². The van der Waals surface area contributed by atoms with Crippen LogP contribution in [0.15, 0.2) is 35.4 Å². The van der Waals surface area contributed by atoms with Gasteiger partial charge in [-0.3, -0.25) is 4.79 Å². The summed E-state index contributed by atoms with van der Waals surface area (Å²) in [5.74, 6) is -0.414. The molecule has 0 spiro atoms. The lowest BCUT2D eigenvalue weighted by Crippen LogP contribution is -2.10. The first kappa shape index (κ1) is 17.2. The number of rotatable bonds is 5. The number of H-pyrrole nitrogens is 1. The van der Waals surface area contributed by atoms with E-state index >= 15 is 0 Å². The number of para-hydroxylation sites is 1. The van der Waals surface area contributed by atoms with E-state index in [0.29, 0.717) is 6.42 Å². The second kappa shape index (κ2) is 5.99. The highest BCUT2D eigenvalue weighted by atomic mass is 35.5. The highest BCUT2D eigenvalue weighted by Gasteiger charge is 2.60. The van der Waals surface area contributed by atoms with E-state index in [-0.39, 0.29) is 23.0 Å². The van der Waals surface area contributed by atoms with Gasteiger partial charge in [0.1, 0.15) is 5.78 Å². The van der Waals surface area contributed by atoms with Crippen molar-refractivity contribution in [1.82, 2.24) is 4.98 Å². The molecular formula is C19H20ClF2NO. The second-order valence-electron chi connectivity index (χ2n) is 7.09. The molecule has 1 aromatic carbocycles. The lowest BCUT2D eigenvalue weighted by Gasteiger charge is -2.03. The summed E-state index contributed by atoms with van der Waals surface area (Å²) in [4.78, 5) is 16.1. The van der Waals surface area contributed by atoms with E-state index in [0.717, 1.165) is 22.2 Å². The maximum Gasteiger partial charge on any atom is 0.273 e. The van der Waals surface area contributed by atoms with Gasteiger partial charge in [-0.05, 0) is 29.9 Å².